The van der Waals surface area contributed by atoms with E-state index in [2.05, 4.69) is 42.0 Å². The molecule has 0 bridgehead atoms. The number of rotatable bonds is 14. The maximum Gasteiger partial charge on any atom is 0.146 e. The van der Waals surface area contributed by atoms with Gasteiger partial charge in [0.25, 0.3) is 0 Å². The molecule has 4 heteroatoms. The van der Waals surface area contributed by atoms with Gasteiger partial charge in [0.1, 0.15) is 11.5 Å². The molecule has 2 N–H and O–H groups in total. The molecule has 4 nitrogen and oxygen atoms in total. The third kappa shape index (κ3) is 7.61. The highest BCUT2D eigenvalue weighted by atomic mass is 16.5. The number of allylic oxidation sites excluding steroid dienone is 1. The normalized spacial score (nSPS) is 15.0. The zero-order valence-corrected chi connectivity index (χ0v) is 19.5. The maximum atomic E-state index is 5.53. The van der Waals surface area contributed by atoms with Crippen LogP contribution in [0.1, 0.15) is 88.7 Å². The third-order valence-electron chi connectivity index (χ3n) is 5.89. The summed E-state index contributed by atoms with van der Waals surface area (Å²) in [6.07, 6.45) is 19.4. The van der Waals surface area contributed by atoms with Gasteiger partial charge in [-0.25, -0.2) is 4.99 Å². The number of aromatic amines is 2. The minimum absolute atomic E-state index is 0.796. The molecule has 1 aliphatic rings. The van der Waals surface area contributed by atoms with Gasteiger partial charge in [0, 0.05) is 23.7 Å². The van der Waals surface area contributed by atoms with Crippen LogP contribution < -0.4 is 0 Å². The summed E-state index contributed by atoms with van der Waals surface area (Å²) in [6.45, 7) is 4.64. The second kappa shape index (κ2) is 12.4. The number of H-pyrrole nitrogens is 2. The van der Waals surface area contributed by atoms with Gasteiger partial charge < -0.3 is 14.7 Å². The number of methoxy groups -OCH3 is 1. The van der Waals surface area contributed by atoms with Gasteiger partial charge in [-0.3, -0.25) is 0 Å². The van der Waals surface area contributed by atoms with E-state index in [1.54, 1.807) is 7.11 Å². The van der Waals surface area contributed by atoms with Crippen LogP contribution in [0.5, 0.6) is 0 Å². The lowest BCUT2D eigenvalue weighted by molar-refractivity contribution is 0.303. The van der Waals surface area contributed by atoms with Crippen LogP contribution in [-0.2, 0) is 11.2 Å². The van der Waals surface area contributed by atoms with Gasteiger partial charge in [0.2, 0.25) is 0 Å². The van der Waals surface area contributed by atoms with Crippen molar-refractivity contribution in [3.05, 3.63) is 65.1 Å². The summed E-state index contributed by atoms with van der Waals surface area (Å²) < 4.78 is 5.53. The van der Waals surface area contributed by atoms with Crippen molar-refractivity contribution in [1.29, 1.82) is 0 Å². The predicted octanol–water partition coefficient (Wildman–Crippen LogP) is 7.43. The fraction of sp³-hybridized carbons (Fsp3) is 0.519. The van der Waals surface area contributed by atoms with Crippen molar-refractivity contribution in [3.8, 4) is 0 Å². The molecule has 0 radical (unpaired) electrons. The fourth-order valence-corrected chi connectivity index (χ4v) is 4.07. The Morgan fingerprint density at radius 2 is 1.71 bits per heavy atom. The average molecular weight is 422 g/mol. The number of aromatic nitrogens is 2. The van der Waals surface area contributed by atoms with Gasteiger partial charge in [-0.05, 0) is 49.1 Å². The topological polar surface area (TPSA) is 53.2 Å². The van der Waals surface area contributed by atoms with Gasteiger partial charge in [0.15, 0.2) is 0 Å². The first-order chi connectivity index (χ1) is 15.2. The average Bonchev–Trinajstić information content (AvgIpc) is 3.50. The number of aliphatic imine (C=N–C) groups is 1. The van der Waals surface area contributed by atoms with Crippen molar-refractivity contribution in [2.45, 2.75) is 78.1 Å². The van der Waals surface area contributed by atoms with Crippen LogP contribution in [0.3, 0.4) is 0 Å². The molecule has 2 aromatic heterocycles. The zero-order chi connectivity index (χ0) is 21.9. The number of aryl methyl sites for hydroxylation is 1. The zero-order valence-electron chi connectivity index (χ0n) is 19.5. The third-order valence-corrected chi connectivity index (χ3v) is 5.89. The van der Waals surface area contributed by atoms with Crippen molar-refractivity contribution in [2.75, 3.05) is 7.11 Å². The lowest BCUT2D eigenvalue weighted by atomic mass is 10.0. The first-order valence-electron chi connectivity index (χ1n) is 12.0. The predicted molar refractivity (Wildman–Crippen MR) is 131 cm³/mol. The van der Waals surface area contributed by atoms with E-state index in [-0.39, 0.29) is 0 Å². The first kappa shape index (κ1) is 23.2. The quantitative estimate of drug-likeness (QED) is 0.306. The van der Waals surface area contributed by atoms with E-state index in [4.69, 9.17) is 9.73 Å². The van der Waals surface area contributed by atoms with Crippen LogP contribution >= 0.6 is 0 Å². The van der Waals surface area contributed by atoms with Crippen LogP contribution in [-0.4, -0.2) is 22.8 Å². The highest BCUT2D eigenvalue weighted by molar-refractivity contribution is 6.11. The Labute approximate surface area is 187 Å². The standard InChI is InChI=1S/C27H39N3O/c1-21(2)13-10-8-6-4-5-7-9-11-14-22-16-17-23(29-22)19-26-27(31-3)20-25(30-26)24-15-12-18-28-24/h12,15-21,28-29H,4-11,13-14H2,1-3H3. The molecule has 0 saturated heterocycles. The highest BCUT2D eigenvalue weighted by Crippen LogP contribution is 2.24. The molecule has 0 aromatic carbocycles. The monoisotopic (exact) mass is 421 g/mol. The molecule has 0 atom stereocenters. The molecule has 3 heterocycles. The van der Waals surface area contributed by atoms with E-state index in [9.17, 15) is 0 Å². The molecule has 0 unspecified atom stereocenters. The highest BCUT2D eigenvalue weighted by Gasteiger charge is 2.17. The van der Waals surface area contributed by atoms with Gasteiger partial charge in [-0.1, -0.05) is 65.2 Å². The number of ether oxygens (including phenoxy) is 1. The molecule has 31 heavy (non-hydrogen) atoms. The van der Waals surface area contributed by atoms with E-state index < -0.39 is 0 Å². The summed E-state index contributed by atoms with van der Waals surface area (Å²) in [5.74, 6) is 1.65. The summed E-state index contributed by atoms with van der Waals surface area (Å²) >= 11 is 0. The minimum Gasteiger partial charge on any atom is -0.494 e. The molecule has 0 aliphatic carbocycles. The molecule has 168 valence electrons. The Kier molecular flexibility index (Phi) is 9.26. The molecule has 0 fully saturated rings. The molecule has 0 saturated carbocycles. The maximum absolute atomic E-state index is 5.53. The van der Waals surface area contributed by atoms with Gasteiger partial charge >= 0.3 is 0 Å². The molecule has 3 rings (SSSR count). The lowest BCUT2D eigenvalue weighted by Crippen LogP contribution is -1.93. The molecular formula is C27H39N3O. The van der Waals surface area contributed by atoms with E-state index in [1.807, 2.05) is 24.4 Å². The number of unbranched alkanes of at least 4 members (excludes halogenated alkanes) is 7. The van der Waals surface area contributed by atoms with Crippen molar-refractivity contribution < 1.29 is 4.74 Å². The Hall–Kier alpha value is -2.49. The Balaban J connectivity index is 1.37. The SMILES string of the molecule is COC1=CC(c2ccc[nH]2)=NC1=Cc1ccc(CCCCCCCCCCC(C)C)[nH]1. The molecule has 0 amide bonds. The van der Waals surface area contributed by atoms with Crippen molar-refractivity contribution in [3.63, 3.8) is 0 Å². The second-order valence-electron chi connectivity index (χ2n) is 9.02. The van der Waals surface area contributed by atoms with E-state index in [0.717, 1.165) is 40.9 Å². The summed E-state index contributed by atoms with van der Waals surface area (Å²) in [4.78, 5) is 11.5. The number of nitrogens with zero attached hydrogens (tertiary/aromatic N) is 1. The Bertz CT molecular complexity index is 868. The smallest absolute Gasteiger partial charge is 0.146 e. The van der Waals surface area contributed by atoms with E-state index in [0.29, 0.717) is 0 Å². The number of hydrogen-bond acceptors (Lipinski definition) is 2. The summed E-state index contributed by atoms with van der Waals surface area (Å²) in [6, 6.07) is 8.33. The van der Waals surface area contributed by atoms with Gasteiger partial charge in [-0.15, -0.1) is 0 Å². The Morgan fingerprint density at radius 3 is 2.39 bits per heavy atom. The fourth-order valence-electron chi connectivity index (χ4n) is 4.07. The van der Waals surface area contributed by atoms with E-state index in [1.165, 1.54) is 63.5 Å². The van der Waals surface area contributed by atoms with Gasteiger partial charge in [0.05, 0.1) is 18.5 Å². The minimum atomic E-state index is 0.796. The Morgan fingerprint density at radius 1 is 0.968 bits per heavy atom. The van der Waals surface area contributed by atoms with Crippen LogP contribution in [0.4, 0.5) is 0 Å². The van der Waals surface area contributed by atoms with Crippen LogP contribution in [0.15, 0.2) is 53.0 Å². The van der Waals surface area contributed by atoms with Crippen LogP contribution in [0.2, 0.25) is 0 Å². The summed E-state index contributed by atoms with van der Waals surface area (Å²) in [7, 11) is 1.69. The first-order valence-corrected chi connectivity index (χ1v) is 12.0. The second-order valence-corrected chi connectivity index (χ2v) is 9.02. The molecule has 2 aromatic rings. The van der Waals surface area contributed by atoms with Crippen molar-refractivity contribution in [1.82, 2.24) is 9.97 Å². The number of hydrogen-bond donors (Lipinski definition) is 2. The van der Waals surface area contributed by atoms with Crippen molar-refractivity contribution in [2.24, 2.45) is 10.9 Å². The largest absolute Gasteiger partial charge is 0.494 e. The summed E-state index contributed by atoms with van der Waals surface area (Å²) in [5, 5.41) is 0. The van der Waals surface area contributed by atoms with Crippen LogP contribution in [0, 0.1) is 5.92 Å². The van der Waals surface area contributed by atoms with E-state index >= 15 is 0 Å². The van der Waals surface area contributed by atoms with Crippen molar-refractivity contribution >= 4 is 11.8 Å². The summed E-state index contributed by atoms with van der Waals surface area (Å²) in [5.41, 5.74) is 5.13. The molecular weight excluding hydrogens is 382 g/mol. The lowest BCUT2D eigenvalue weighted by Gasteiger charge is -2.04. The van der Waals surface area contributed by atoms with Crippen LogP contribution in [0.25, 0.3) is 6.08 Å². The molecule has 0 spiro atoms. The number of nitrogens with one attached hydrogen (secondary N) is 2. The molecule has 1 aliphatic heterocycles. The van der Waals surface area contributed by atoms with Gasteiger partial charge in [-0.2, -0.15) is 0 Å².